The van der Waals surface area contributed by atoms with Gasteiger partial charge >= 0.3 is 0 Å². The van der Waals surface area contributed by atoms with E-state index in [0.717, 1.165) is 41.4 Å². The van der Waals surface area contributed by atoms with Crippen molar-refractivity contribution in [1.29, 1.82) is 0 Å². The zero-order valence-electron chi connectivity index (χ0n) is 12.1. The third-order valence-corrected chi connectivity index (χ3v) is 5.71. The standard InChI is InChI=1S/C15H22N2OS2/c1-3-11-6-8-15(9-7-11,14(16)19)17-13(18)12-5-4-10(2)20-12/h4-5,11H,3,6-9H2,1-2H3,(H2,16,19)(H,17,18). The quantitative estimate of drug-likeness (QED) is 0.838. The van der Waals surface area contributed by atoms with Crippen molar-refractivity contribution in [1.82, 2.24) is 5.32 Å². The minimum Gasteiger partial charge on any atom is -0.391 e. The fraction of sp³-hybridized carbons (Fsp3) is 0.600. The van der Waals surface area contributed by atoms with Gasteiger partial charge in [-0.25, -0.2) is 0 Å². The smallest absolute Gasteiger partial charge is 0.262 e. The summed E-state index contributed by atoms with van der Waals surface area (Å²) in [4.78, 5) is 14.7. The van der Waals surface area contributed by atoms with E-state index < -0.39 is 5.54 Å². The van der Waals surface area contributed by atoms with Crippen LogP contribution >= 0.6 is 23.6 Å². The lowest BCUT2D eigenvalue weighted by Gasteiger charge is -2.39. The van der Waals surface area contributed by atoms with Gasteiger partial charge in [0.05, 0.1) is 15.4 Å². The molecular formula is C15H22N2OS2. The summed E-state index contributed by atoms with van der Waals surface area (Å²) in [5, 5.41) is 3.11. The van der Waals surface area contributed by atoms with E-state index in [1.54, 1.807) is 0 Å². The zero-order chi connectivity index (χ0) is 14.8. The van der Waals surface area contributed by atoms with Crippen molar-refractivity contribution in [2.75, 3.05) is 0 Å². The minimum atomic E-state index is -0.490. The molecule has 1 heterocycles. The summed E-state index contributed by atoms with van der Waals surface area (Å²) >= 11 is 6.75. The second kappa shape index (κ2) is 6.22. The summed E-state index contributed by atoms with van der Waals surface area (Å²) in [5.74, 6) is 0.684. The van der Waals surface area contributed by atoms with Crippen molar-refractivity contribution in [2.45, 2.75) is 51.5 Å². The first kappa shape index (κ1) is 15.4. The average molecular weight is 310 g/mol. The fourth-order valence-electron chi connectivity index (χ4n) is 2.85. The van der Waals surface area contributed by atoms with E-state index in [2.05, 4.69) is 12.2 Å². The molecule has 1 aliphatic carbocycles. The number of aryl methyl sites for hydroxylation is 1. The molecule has 1 aromatic rings. The maximum absolute atomic E-state index is 12.4. The predicted octanol–water partition coefficient (Wildman–Crippen LogP) is 3.41. The molecule has 3 nitrogen and oxygen atoms in total. The fourth-order valence-corrected chi connectivity index (χ4v) is 3.87. The van der Waals surface area contributed by atoms with Crippen molar-refractivity contribution >= 4 is 34.5 Å². The van der Waals surface area contributed by atoms with Crippen LogP contribution in [0.5, 0.6) is 0 Å². The number of hydrogen-bond acceptors (Lipinski definition) is 3. The van der Waals surface area contributed by atoms with Crippen LogP contribution in [0.2, 0.25) is 0 Å². The number of carbonyl (C=O) groups excluding carboxylic acids is 1. The molecule has 0 atom stereocenters. The van der Waals surface area contributed by atoms with Gasteiger partial charge in [-0.2, -0.15) is 0 Å². The van der Waals surface area contributed by atoms with Gasteiger partial charge in [0, 0.05) is 4.88 Å². The summed E-state index contributed by atoms with van der Waals surface area (Å²) in [5.41, 5.74) is 5.45. The van der Waals surface area contributed by atoms with Gasteiger partial charge in [-0.05, 0) is 50.7 Å². The van der Waals surface area contributed by atoms with E-state index in [4.69, 9.17) is 18.0 Å². The lowest BCUT2D eigenvalue weighted by Crippen LogP contribution is -2.58. The highest BCUT2D eigenvalue weighted by molar-refractivity contribution is 7.80. The molecule has 0 aliphatic heterocycles. The predicted molar refractivity (Wildman–Crippen MR) is 88.3 cm³/mol. The van der Waals surface area contributed by atoms with Gasteiger partial charge < -0.3 is 11.1 Å². The molecule has 2 rings (SSSR count). The Bertz CT molecular complexity index is 502. The topological polar surface area (TPSA) is 55.1 Å². The van der Waals surface area contributed by atoms with Gasteiger partial charge in [0.15, 0.2) is 0 Å². The molecule has 1 aromatic heterocycles. The molecule has 3 N–H and O–H groups in total. The zero-order valence-corrected chi connectivity index (χ0v) is 13.7. The first-order valence-electron chi connectivity index (χ1n) is 7.15. The number of hydrogen-bond donors (Lipinski definition) is 2. The molecule has 1 aliphatic rings. The van der Waals surface area contributed by atoms with Gasteiger partial charge in [0.1, 0.15) is 0 Å². The van der Waals surface area contributed by atoms with Crippen LogP contribution < -0.4 is 11.1 Å². The molecule has 0 radical (unpaired) electrons. The molecule has 1 amide bonds. The maximum atomic E-state index is 12.4. The molecule has 5 heteroatoms. The van der Waals surface area contributed by atoms with Crippen LogP contribution in [0.15, 0.2) is 12.1 Å². The highest BCUT2D eigenvalue weighted by Crippen LogP contribution is 2.34. The SMILES string of the molecule is CCC1CCC(NC(=O)c2ccc(C)s2)(C(N)=S)CC1. The number of rotatable bonds is 4. The number of nitrogens with one attached hydrogen (secondary N) is 1. The Kier molecular flexibility index (Phi) is 4.81. The molecular weight excluding hydrogens is 288 g/mol. The van der Waals surface area contributed by atoms with Crippen LogP contribution in [0.4, 0.5) is 0 Å². The van der Waals surface area contributed by atoms with Crippen molar-refractivity contribution in [3.63, 3.8) is 0 Å². The number of nitrogens with two attached hydrogens (primary N) is 1. The monoisotopic (exact) mass is 310 g/mol. The average Bonchev–Trinajstić information content (AvgIpc) is 2.86. The van der Waals surface area contributed by atoms with Gasteiger partial charge in [-0.3, -0.25) is 4.79 Å². The van der Waals surface area contributed by atoms with Crippen LogP contribution in [0.1, 0.15) is 53.6 Å². The van der Waals surface area contributed by atoms with Gasteiger partial charge in [0.2, 0.25) is 0 Å². The van der Waals surface area contributed by atoms with Crippen molar-refractivity contribution in [3.05, 3.63) is 21.9 Å². The largest absolute Gasteiger partial charge is 0.391 e. The van der Waals surface area contributed by atoms with Gasteiger partial charge in [0.25, 0.3) is 5.91 Å². The second-order valence-electron chi connectivity index (χ2n) is 5.66. The van der Waals surface area contributed by atoms with E-state index in [-0.39, 0.29) is 5.91 Å². The van der Waals surface area contributed by atoms with E-state index in [9.17, 15) is 4.79 Å². The molecule has 0 unspecified atom stereocenters. The molecule has 0 saturated heterocycles. The van der Waals surface area contributed by atoms with Crippen molar-refractivity contribution < 1.29 is 4.79 Å². The second-order valence-corrected chi connectivity index (χ2v) is 7.39. The highest BCUT2D eigenvalue weighted by atomic mass is 32.1. The first-order chi connectivity index (χ1) is 9.47. The Labute approximate surface area is 129 Å². The molecule has 0 spiro atoms. The van der Waals surface area contributed by atoms with Crippen molar-refractivity contribution in [2.24, 2.45) is 11.7 Å². The molecule has 1 fully saturated rings. The van der Waals surface area contributed by atoms with Crippen LogP contribution in [0.25, 0.3) is 0 Å². The minimum absolute atomic E-state index is 0.0501. The Balaban J connectivity index is 2.10. The van der Waals surface area contributed by atoms with Crippen LogP contribution in [0, 0.1) is 12.8 Å². The third-order valence-electron chi connectivity index (χ3n) is 4.32. The Morgan fingerprint density at radius 1 is 1.50 bits per heavy atom. The normalized spacial score (nSPS) is 26.2. The van der Waals surface area contributed by atoms with Gasteiger partial charge in [-0.1, -0.05) is 25.6 Å². The Morgan fingerprint density at radius 2 is 2.15 bits per heavy atom. The summed E-state index contributed by atoms with van der Waals surface area (Å²) in [6.45, 7) is 4.21. The third kappa shape index (κ3) is 3.20. The lowest BCUT2D eigenvalue weighted by molar-refractivity contribution is 0.0902. The molecule has 20 heavy (non-hydrogen) atoms. The number of carbonyl (C=O) groups is 1. The van der Waals surface area contributed by atoms with Crippen LogP contribution in [-0.4, -0.2) is 16.4 Å². The molecule has 0 aromatic carbocycles. The highest BCUT2D eigenvalue weighted by Gasteiger charge is 2.39. The van der Waals surface area contributed by atoms with Crippen LogP contribution in [0.3, 0.4) is 0 Å². The summed E-state index contributed by atoms with van der Waals surface area (Å²) in [6.07, 6.45) is 5.06. The van der Waals surface area contributed by atoms with Crippen LogP contribution in [-0.2, 0) is 0 Å². The maximum Gasteiger partial charge on any atom is 0.262 e. The first-order valence-corrected chi connectivity index (χ1v) is 8.38. The van der Waals surface area contributed by atoms with E-state index in [1.807, 2.05) is 19.1 Å². The van der Waals surface area contributed by atoms with Crippen molar-refractivity contribution in [3.8, 4) is 0 Å². The summed E-state index contributed by atoms with van der Waals surface area (Å²) < 4.78 is 0. The number of thiophene rings is 1. The Hall–Kier alpha value is -0.940. The lowest BCUT2D eigenvalue weighted by atomic mass is 9.75. The summed E-state index contributed by atoms with van der Waals surface area (Å²) in [6, 6.07) is 3.82. The molecule has 110 valence electrons. The van der Waals surface area contributed by atoms with E-state index >= 15 is 0 Å². The Morgan fingerprint density at radius 3 is 2.60 bits per heavy atom. The van der Waals surface area contributed by atoms with Gasteiger partial charge in [-0.15, -0.1) is 11.3 Å². The van der Waals surface area contributed by atoms with E-state index in [0.29, 0.717) is 4.99 Å². The number of amides is 1. The molecule has 1 saturated carbocycles. The molecule has 0 bridgehead atoms. The number of thiocarbonyl (C=S) groups is 1. The van der Waals surface area contributed by atoms with E-state index in [1.165, 1.54) is 17.8 Å². The summed E-state index contributed by atoms with van der Waals surface area (Å²) in [7, 11) is 0.